The van der Waals surface area contributed by atoms with Gasteiger partial charge < -0.3 is 4.74 Å². The number of nitrogens with one attached hydrogen (secondary N) is 1. The molecule has 0 aliphatic heterocycles. The minimum atomic E-state index is -3.65. The molecule has 152 valence electrons. The van der Waals surface area contributed by atoms with Crippen LogP contribution in [0.3, 0.4) is 0 Å². The van der Waals surface area contributed by atoms with Crippen LogP contribution in [0, 0.1) is 19.8 Å². The molecular weight excluding hydrogens is 386 g/mol. The Morgan fingerprint density at radius 3 is 2.14 bits per heavy atom. The van der Waals surface area contributed by atoms with E-state index in [1.807, 2.05) is 26.0 Å². The quantitative estimate of drug-likeness (QED) is 0.615. The molecule has 7 heteroatoms. The Morgan fingerprint density at radius 1 is 0.931 bits per heavy atom. The number of nitrogens with zero attached hydrogens (tertiary/aromatic N) is 2. The van der Waals surface area contributed by atoms with Gasteiger partial charge in [-0.2, -0.15) is 0 Å². The second-order valence-electron chi connectivity index (χ2n) is 7.47. The van der Waals surface area contributed by atoms with Gasteiger partial charge in [0, 0.05) is 17.3 Å². The Kier molecular flexibility index (Phi) is 6.17. The monoisotopic (exact) mass is 411 g/mol. The average molecular weight is 412 g/mol. The van der Waals surface area contributed by atoms with Gasteiger partial charge in [0.25, 0.3) is 10.0 Å². The first-order valence-electron chi connectivity index (χ1n) is 9.41. The first kappa shape index (κ1) is 20.8. The van der Waals surface area contributed by atoms with Crippen molar-refractivity contribution in [3.05, 3.63) is 65.7 Å². The molecule has 2 aromatic carbocycles. The predicted octanol–water partition coefficient (Wildman–Crippen LogP) is 4.60. The normalized spacial score (nSPS) is 11.5. The topological polar surface area (TPSA) is 81.2 Å². The number of anilines is 1. The smallest absolute Gasteiger partial charge is 0.261 e. The van der Waals surface area contributed by atoms with Gasteiger partial charge in [0.1, 0.15) is 0 Å². The van der Waals surface area contributed by atoms with E-state index in [0.717, 1.165) is 16.7 Å². The van der Waals surface area contributed by atoms with E-state index >= 15 is 0 Å². The van der Waals surface area contributed by atoms with E-state index in [4.69, 9.17) is 4.74 Å². The molecule has 0 fully saturated rings. The molecule has 0 radical (unpaired) electrons. The molecule has 0 aliphatic rings. The Bertz CT molecular complexity index is 1060. The zero-order valence-corrected chi connectivity index (χ0v) is 17.8. The Hall–Kier alpha value is -2.93. The van der Waals surface area contributed by atoms with Crippen molar-refractivity contribution in [2.75, 3.05) is 11.3 Å². The number of aromatic nitrogens is 2. The van der Waals surface area contributed by atoms with Gasteiger partial charge >= 0.3 is 0 Å². The molecule has 1 N–H and O–H groups in total. The van der Waals surface area contributed by atoms with Gasteiger partial charge in [-0.25, -0.2) is 8.42 Å². The number of rotatable bonds is 7. The highest BCUT2D eigenvalue weighted by molar-refractivity contribution is 7.92. The molecule has 0 saturated heterocycles. The van der Waals surface area contributed by atoms with Crippen LogP contribution in [0.4, 0.5) is 5.69 Å². The van der Waals surface area contributed by atoms with E-state index < -0.39 is 10.0 Å². The summed E-state index contributed by atoms with van der Waals surface area (Å²) in [6.07, 6.45) is 0. The molecule has 6 nitrogen and oxygen atoms in total. The van der Waals surface area contributed by atoms with E-state index in [2.05, 4.69) is 28.8 Å². The third-order valence-corrected chi connectivity index (χ3v) is 5.50. The number of sulfonamides is 1. The lowest BCUT2D eigenvalue weighted by Gasteiger charge is -2.10. The van der Waals surface area contributed by atoms with E-state index in [9.17, 15) is 8.42 Å². The largest absolute Gasteiger partial charge is 0.476 e. The Balaban J connectivity index is 1.73. The highest BCUT2D eigenvalue weighted by Gasteiger charge is 2.15. The fourth-order valence-electron chi connectivity index (χ4n) is 2.81. The van der Waals surface area contributed by atoms with Crippen LogP contribution in [0.15, 0.2) is 59.5 Å². The van der Waals surface area contributed by atoms with Crippen molar-refractivity contribution in [1.82, 2.24) is 10.2 Å². The molecule has 0 atom stereocenters. The average Bonchev–Trinajstić information content (AvgIpc) is 2.66. The molecule has 0 aliphatic carbocycles. The van der Waals surface area contributed by atoms with Crippen LogP contribution in [-0.2, 0) is 10.0 Å². The van der Waals surface area contributed by atoms with Crippen LogP contribution in [0.2, 0.25) is 0 Å². The molecule has 0 bridgehead atoms. The van der Waals surface area contributed by atoms with Crippen LogP contribution >= 0.6 is 0 Å². The number of ether oxygens (including phenoxy) is 1. The predicted molar refractivity (Wildman–Crippen MR) is 115 cm³/mol. The third-order valence-electron chi connectivity index (χ3n) is 4.14. The summed E-state index contributed by atoms with van der Waals surface area (Å²) < 4.78 is 33.5. The van der Waals surface area contributed by atoms with E-state index in [-0.39, 0.29) is 4.90 Å². The molecule has 3 aromatic rings. The van der Waals surface area contributed by atoms with Crippen LogP contribution < -0.4 is 9.46 Å². The third kappa shape index (κ3) is 5.54. The summed E-state index contributed by atoms with van der Waals surface area (Å²) in [5.41, 5.74) is 3.81. The first-order chi connectivity index (χ1) is 13.7. The van der Waals surface area contributed by atoms with Crippen LogP contribution in [0.1, 0.15) is 25.0 Å². The number of aryl methyl sites for hydroxylation is 2. The van der Waals surface area contributed by atoms with Crippen molar-refractivity contribution in [2.45, 2.75) is 32.6 Å². The zero-order valence-electron chi connectivity index (χ0n) is 17.0. The zero-order chi connectivity index (χ0) is 21.0. The first-order valence-corrected chi connectivity index (χ1v) is 10.9. The van der Waals surface area contributed by atoms with Gasteiger partial charge in [0.05, 0.1) is 17.2 Å². The minimum Gasteiger partial charge on any atom is -0.476 e. The molecule has 0 saturated carbocycles. The van der Waals surface area contributed by atoms with Gasteiger partial charge in [-0.15, -0.1) is 10.2 Å². The molecule has 3 rings (SSSR count). The summed E-state index contributed by atoms with van der Waals surface area (Å²) in [5.74, 6) is 0.900. The second kappa shape index (κ2) is 8.61. The summed E-state index contributed by atoms with van der Waals surface area (Å²) >= 11 is 0. The standard InChI is InChI=1S/C22H25N3O3S/c1-15(2)14-28-22-10-9-21(23-24-22)18-5-7-19(8-6-18)25-29(26,27)20-12-16(3)11-17(4)13-20/h5-13,15,25H,14H2,1-4H3. The highest BCUT2D eigenvalue weighted by Crippen LogP contribution is 2.23. The van der Waals surface area contributed by atoms with Gasteiger partial charge in [-0.3, -0.25) is 4.72 Å². The SMILES string of the molecule is Cc1cc(C)cc(S(=O)(=O)Nc2ccc(-c3ccc(OCC(C)C)nn3)cc2)c1. The lowest BCUT2D eigenvalue weighted by atomic mass is 10.1. The maximum Gasteiger partial charge on any atom is 0.261 e. The van der Waals surface area contributed by atoms with Crippen molar-refractivity contribution in [3.8, 4) is 17.1 Å². The molecule has 1 heterocycles. The molecule has 0 spiro atoms. The van der Waals surface area contributed by atoms with E-state index in [1.54, 1.807) is 42.5 Å². The summed E-state index contributed by atoms with van der Waals surface area (Å²) in [7, 11) is -3.65. The number of hydrogen-bond donors (Lipinski definition) is 1. The number of hydrogen-bond acceptors (Lipinski definition) is 5. The van der Waals surface area contributed by atoms with Gasteiger partial charge in [-0.05, 0) is 61.2 Å². The molecular formula is C22H25N3O3S. The van der Waals surface area contributed by atoms with E-state index in [1.165, 1.54) is 0 Å². The van der Waals surface area contributed by atoms with Crippen molar-refractivity contribution < 1.29 is 13.2 Å². The van der Waals surface area contributed by atoms with Gasteiger partial charge in [0.2, 0.25) is 5.88 Å². The summed E-state index contributed by atoms with van der Waals surface area (Å²) in [5, 5.41) is 8.27. The molecule has 0 unspecified atom stereocenters. The highest BCUT2D eigenvalue weighted by atomic mass is 32.2. The lowest BCUT2D eigenvalue weighted by molar-refractivity contribution is 0.258. The molecule has 29 heavy (non-hydrogen) atoms. The molecule has 0 amide bonds. The maximum absolute atomic E-state index is 12.7. The van der Waals surface area contributed by atoms with Gasteiger partial charge in [0.15, 0.2) is 0 Å². The molecule has 1 aromatic heterocycles. The second-order valence-corrected chi connectivity index (χ2v) is 9.15. The summed E-state index contributed by atoms with van der Waals surface area (Å²) in [4.78, 5) is 0.252. The van der Waals surface area contributed by atoms with Crippen LogP contribution in [-0.4, -0.2) is 25.2 Å². The van der Waals surface area contributed by atoms with Crippen molar-refractivity contribution in [3.63, 3.8) is 0 Å². The van der Waals surface area contributed by atoms with E-state index in [0.29, 0.717) is 29.8 Å². The summed E-state index contributed by atoms with van der Waals surface area (Å²) in [6, 6.07) is 15.9. The van der Waals surface area contributed by atoms with Gasteiger partial charge in [-0.1, -0.05) is 32.0 Å². The number of benzene rings is 2. The van der Waals surface area contributed by atoms with Crippen LogP contribution in [0.5, 0.6) is 5.88 Å². The summed E-state index contributed by atoms with van der Waals surface area (Å²) in [6.45, 7) is 8.47. The maximum atomic E-state index is 12.7. The lowest BCUT2D eigenvalue weighted by Crippen LogP contribution is -2.13. The Labute approximate surface area is 172 Å². The van der Waals surface area contributed by atoms with Crippen molar-refractivity contribution in [1.29, 1.82) is 0 Å². The fraction of sp³-hybridized carbons (Fsp3) is 0.273. The Morgan fingerprint density at radius 2 is 1.59 bits per heavy atom. The fourth-order valence-corrected chi connectivity index (χ4v) is 4.06. The van der Waals surface area contributed by atoms with Crippen molar-refractivity contribution >= 4 is 15.7 Å². The minimum absolute atomic E-state index is 0.252. The van der Waals surface area contributed by atoms with Crippen LogP contribution in [0.25, 0.3) is 11.3 Å². The van der Waals surface area contributed by atoms with Crippen molar-refractivity contribution in [2.24, 2.45) is 5.92 Å².